The van der Waals surface area contributed by atoms with E-state index in [1.165, 1.54) is 0 Å². The molecule has 106 valence electrons. The number of carbonyl (C=O) groups excluding carboxylic acids is 1. The van der Waals surface area contributed by atoms with Crippen LogP contribution in [0.15, 0.2) is 30.3 Å². The quantitative estimate of drug-likeness (QED) is 0.793. The third-order valence-corrected chi connectivity index (χ3v) is 3.55. The van der Waals surface area contributed by atoms with Gasteiger partial charge in [-0.2, -0.15) is 0 Å². The van der Waals surface area contributed by atoms with E-state index < -0.39 is 0 Å². The van der Waals surface area contributed by atoms with Crippen LogP contribution in [0, 0.1) is 0 Å². The molecular formula is C16H19ClN2O. The van der Waals surface area contributed by atoms with Crippen molar-refractivity contribution < 1.29 is 4.79 Å². The minimum atomic E-state index is -0.0606. The van der Waals surface area contributed by atoms with Crippen molar-refractivity contribution in [2.75, 3.05) is 6.54 Å². The van der Waals surface area contributed by atoms with Crippen LogP contribution in [0.4, 0.5) is 0 Å². The molecular weight excluding hydrogens is 272 g/mol. The molecule has 0 spiro atoms. The summed E-state index contributed by atoms with van der Waals surface area (Å²) < 4.78 is 0. The Bertz CT molecular complexity index is 625. The van der Waals surface area contributed by atoms with Gasteiger partial charge in [0.05, 0.1) is 0 Å². The molecule has 4 heteroatoms. The lowest BCUT2D eigenvalue weighted by molar-refractivity contribution is 0.0700. The molecule has 0 radical (unpaired) electrons. The highest BCUT2D eigenvalue weighted by Gasteiger charge is 2.20. The van der Waals surface area contributed by atoms with Gasteiger partial charge < -0.3 is 4.90 Å². The summed E-state index contributed by atoms with van der Waals surface area (Å²) in [5.41, 5.74) is 0.413. The van der Waals surface area contributed by atoms with Crippen LogP contribution in [-0.2, 0) is 0 Å². The molecule has 0 saturated heterocycles. The average Bonchev–Trinajstić information content (AvgIpc) is 2.43. The maximum absolute atomic E-state index is 12.6. The Hall–Kier alpha value is -1.61. The first-order chi connectivity index (χ1) is 9.54. The smallest absolute Gasteiger partial charge is 0.272 e. The lowest BCUT2D eigenvalue weighted by Crippen LogP contribution is -2.38. The summed E-state index contributed by atoms with van der Waals surface area (Å²) in [5, 5.41) is 2.19. The largest absolute Gasteiger partial charge is 0.335 e. The third-order valence-electron chi connectivity index (χ3n) is 3.26. The van der Waals surface area contributed by atoms with Gasteiger partial charge in [0.15, 0.2) is 0 Å². The summed E-state index contributed by atoms with van der Waals surface area (Å²) in [5.74, 6) is -0.0606. The van der Waals surface area contributed by atoms with E-state index in [1.807, 2.05) is 49.1 Å². The van der Waals surface area contributed by atoms with E-state index in [1.54, 1.807) is 0 Å². The Morgan fingerprint density at radius 2 is 2.05 bits per heavy atom. The van der Waals surface area contributed by atoms with Crippen molar-refractivity contribution in [3.05, 3.63) is 41.2 Å². The van der Waals surface area contributed by atoms with Crippen molar-refractivity contribution in [2.24, 2.45) is 0 Å². The normalized spacial score (nSPS) is 11.1. The van der Waals surface area contributed by atoms with Crippen molar-refractivity contribution in [3.8, 4) is 0 Å². The van der Waals surface area contributed by atoms with Gasteiger partial charge in [0.25, 0.3) is 5.91 Å². The predicted molar refractivity (Wildman–Crippen MR) is 83.2 cm³/mol. The molecule has 0 bridgehead atoms. The fraction of sp³-hybridized carbons (Fsp3) is 0.375. The Balaban J connectivity index is 2.44. The molecule has 1 heterocycles. The van der Waals surface area contributed by atoms with E-state index in [2.05, 4.69) is 11.9 Å². The second-order valence-corrected chi connectivity index (χ2v) is 5.47. The maximum atomic E-state index is 12.6. The zero-order valence-electron chi connectivity index (χ0n) is 12.1. The monoisotopic (exact) mass is 290 g/mol. The number of rotatable bonds is 4. The zero-order valence-corrected chi connectivity index (χ0v) is 12.8. The molecule has 20 heavy (non-hydrogen) atoms. The van der Waals surface area contributed by atoms with Crippen LogP contribution in [0.25, 0.3) is 10.8 Å². The van der Waals surface area contributed by atoms with Crippen LogP contribution in [0.1, 0.15) is 37.7 Å². The van der Waals surface area contributed by atoms with Gasteiger partial charge in [-0.1, -0.05) is 42.8 Å². The highest BCUT2D eigenvalue weighted by Crippen LogP contribution is 2.23. The number of hydrogen-bond donors (Lipinski definition) is 0. The molecule has 1 aromatic heterocycles. The van der Waals surface area contributed by atoms with E-state index in [0.29, 0.717) is 10.8 Å². The number of benzene rings is 1. The number of carbonyl (C=O) groups is 1. The number of aromatic nitrogens is 1. The summed E-state index contributed by atoms with van der Waals surface area (Å²) in [7, 11) is 0. The minimum absolute atomic E-state index is 0.0606. The van der Waals surface area contributed by atoms with E-state index in [0.717, 1.165) is 23.7 Å². The zero-order chi connectivity index (χ0) is 14.7. The summed E-state index contributed by atoms with van der Waals surface area (Å²) in [6, 6.07) is 9.65. The van der Waals surface area contributed by atoms with E-state index in [9.17, 15) is 4.79 Å². The van der Waals surface area contributed by atoms with Crippen LogP contribution in [-0.4, -0.2) is 28.4 Å². The fourth-order valence-electron chi connectivity index (χ4n) is 2.25. The predicted octanol–water partition coefficient (Wildman–Crippen LogP) is 4.15. The second-order valence-electron chi connectivity index (χ2n) is 5.11. The first kappa shape index (κ1) is 14.8. The molecule has 2 rings (SSSR count). The van der Waals surface area contributed by atoms with Crippen molar-refractivity contribution in [1.29, 1.82) is 0 Å². The Labute approximate surface area is 124 Å². The standard InChI is InChI=1S/C16H19ClN2O/c1-4-9-19(11(2)3)16(20)14-10-12-7-5-6-8-13(12)15(17)18-14/h5-8,10-11H,4,9H2,1-3H3. The van der Waals surface area contributed by atoms with Crippen LogP contribution >= 0.6 is 11.6 Å². The Morgan fingerprint density at radius 1 is 1.35 bits per heavy atom. The highest BCUT2D eigenvalue weighted by atomic mass is 35.5. The van der Waals surface area contributed by atoms with Crippen LogP contribution in [0.3, 0.4) is 0 Å². The number of hydrogen-bond acceptors (Lipinski definition) is 2. The molecule has 1 amide bonds. The molecule has 2 aromatic rings. The molecule has 0 N–H and O–H groups in total. The van der Waals surface area contributed by atoms with Gasteiger partial charge in [0.2, 0.25) is 0 Å². The van der Waals surface area contributed by atoms with Crippen LogP contribution in [0.5, 0.6) is 0 Å². The first-order valence-electron chi connectivity index (χ1n) is 6.90. The molecule has 0 fully saturated rings. The number of fused-ring (bicyclic) bond motifs is 1. The topological polar surface area (TPSA) is 33.2 Å². The highest BCUT2D eigenvalue weighted by molar-refractivity contribution is 6.34. The van der Waals surface area contributed by atoms with Crippen molar-refractivity contribution >= 4 is 28.3 Å². The van der Waals surface area contributed by atoms with Gasteiger partial charge in [-0.3, -0.25) is 4.79 Å². The van der Waals surface area contributed by atoms with Crippen molar-refractivity contribution in [2.45, 2.75) is 33.2 Å². The maximum Gasteiger partial charge on any atom is 0.272 e. The number of nitrogens with zero attached hydrogens (tertiary/aromatic N) is 2. The van der Waals surface area contributed by atoms with Crippen molar-refractivity contribution in [1.82, 2.24) is 9.88 Å². The SMILES string of the molecule is CCCN(C(=O)c1cc2ccccc2c(Cl)n1)C(C)C. The summed E-state index contributed by atoms with van der Waals surface area (Å²) >= 11 is 6.19. The third kappa shape index (κ3) is 2.93. The first-order valence-corrected chi connectivity index (χ1v) is 7.28. The Kier molecular flexibility index (Phi) is 4.61. The number of pyridine rings is 1. The van der Waals surface area contributed by atoms with E-state index >= 15 is 0 Å². The number of amides is 1. The lowest BCUT2D eigenvalue weighted by atomic mass is 10.1. The molecule has 0 unspecified atom stereocenters. The van der Waals surface area contributed by atoms with Gasteiger partial charge in [0, 0.05) is 18.0 Å². The molecule has 0 aliphatic rings. The molecule has 0 saturated carbocycles. The molecule has 0 aliphatic carbocycles. The van der Waals surface area contributed by atoms with Crippen molar-refractivity contribution in [3.63, 3.8) is 0 Å². The molecule has 0 aliphatic heterocycles. The van der Waals surface area contributed by atoms with Gasteiger partial charge in [-0.05, 0) is 31.7 Å². The number of halogens is 1. The second kappa shape index (κ2) is 6.23. The van der Waals surface area contributed by atoms with E-state index in [4.69, 9.17) is 11.6 Å². The molecule has 0 atom stereocenters. The fourth-order valence-corrected chi connectivity index (χ4v) is 2.51. The summed E-state index contributed by atoms with van der Waals surface area (Å²) in [6.45, 7) is 6.80. The van der Waals surface area contributed by atoms with Gasteiger partial charge >= 0.3 is 0 Å². The Morgan fingerprint density at radius 3 is 2.70 bits per heavy atom. The van der Waals surface area contributed by atoms with Gasteiger partial charge in [0.1, 0.15) is 10.8 Å². The summed E-state index contributed by atoms with van der Waals surface area (Å²) in [6.07, 6.45) is 0.922. The lowest BCUT2D eigenvalue weighted by Gasteiger charge is -2.26. The van der Waals surface area contributed by atoms with Crippen LogP contribution in [0.2, 0.25) is 5.15 Å². The minimum Gasteiger partial charge on any atom is -0.335 e. The summed E-state index contributed by atoms with van der Waals surface area (Å²) in [4.78, 5) is 18.7. The average molecular weight is 291 g/mol. The van der Waals surface area contributed by atoms with Gasteiger partial charge in [-0.25, -0.2) is 4.98 Å². The van der Waals surface area contributed by atoms with Crippen LogP contribution < -0.4 is 0 Å². The molecule has 3 nitrogen and oxygen atoms in total. The van der Waals surface area contributed by atoms with E-state index in [-0.39, 0.29) is 11.9 Å². The van der Waals surface area contributed by atoms with Gasteiger partial charge in [-0.15, -0.1) is 0 Å². The molecule has 1 aromatic carbocycles.